The van der Waals surface area contributed by atoms with Crippen LogP contribution in [0.25, 0.3) is 0 Å². The fourth-order valence-electron chi connectivity index (χ4n) is 3.80. The molecule has 1 aliphatic rings. The number of anilines is 1. The molecular weight excluding hydrogens is 440 g/mol. The molecule has 0 radical (unpaired) electrons. The number of rotatable bonds is 7. The summed E-state index contributed by atoms with van der Waals surface area (Å²) in [5, 5.41) is 1.92. The summed E-state index contributed by atoms with van der Waals surface area (Å²) in [4.78, 5) is 34.1. The van der Waals surface area contributed by atoms with Gasteiger partial charge in [0.05, 0.1) is 33.3 Å². The maximum Gasteiger partial charge on any atom is 0.252 e. The molecule has 10 heteroatoms. The van der Waals surface area contributed by atoms with Gasteiger partial charge < -0.3 is 9.88 Å². The van der Waals surface area contributed by atoms with Gasteiger partial charge in [-0.15, -0.1) is 0 Å². The van der Waals surface area contributed by atoms with Crippen molar-refractivity contribution < 1.29 is 13.2 Å². The van der Waals surface area contributed by atoms with Gasteiger partial charge in [0.15, 0.2) is 15.7 Å². The van der Waals surface area contributed by atoms with Crippen LogP contribution in [-0.2, 0) is 14.6 Å². The Morgan fingerprint density at radius 2 is 1.94 bits per heavy atom. The molecule has 0 aromatic carbocycles. The molecule has 0 saturated heterocycles. The average Bonchev–Trinajstić information content (AvgIpc) is 3.22. The summed E-state index contributed by atoms with van der Waals surface area (Å²) in [6.45, 7) is 4.84. The number of hydrogen-bond acceptors (Lipinski definition) is 6. The van der Waals surface area contributed by atoms with Gasteiger partial charge in [0.1, 0.15) is 6.04 Å². The largest absolute Gasteiger partial charge is 0.308 e. The van der Waals surface area contributed by atoms with Crippen LogP contribution in [-0.4, -0.2) is 34.1 Å². The number of carbonyl (C=O) groups excluding carboxylic acids is 1. The van der Waals surface area contributed by atoms with Gasteiger partial charge in [-0.3, -0.25) is 14.6 Å². The Hall–Kier alpha value is -2.26. The molecule has 168 valence electrons. The number of sulfone groups is 1. The molecule has 31 heavy (non-hydrogen) atoms. The van der Waals surface area contributed by atoms with Gasteiger partial charge in [-0.25, -0.2) is 13.4 Å². The maximum atomic E-state index is 13.1. The standard InChI is InChI=1S/C21H27ClN4O4S/c1-13(2)31(29,30)18-9-20(27)26(12-16(18)22)17(8-15-6-4-5-7-15)21(28)25-19-11-23-14(3)10-24-19/h9-13,15,17H,4-8H2,1-3H3,(H,24,25,28)/t17-/m0/s1. The van der Waals surface area contributed by atoms with E-state index in [0.29, 0.717) is 18.0 Å². The molecule has 8 nitrogen and oxygen atoms in total. The summed E-state index contributed by atoms with van der Waals surface area (Å²) < 4.78 is 26.3. The third-order valence-corrected chi connectivity index (χ3v) is 8.23. The number of nitrogens with one attached hydrogen (secondary N) is 1. The predicted octanol–water partition coefficient (Wildman–Crippen LogP) is 3.54. The Balaban J connectivity index is 1.98. The van der Waals surface area contributed by atoms with Crippen LogP contribution in [0.15, 0.2) is 34.3 Å². The molecule has 0 bridgehead atoms. The highest BCUT2D eigenvalue weighted by molar-refractivity contribution is 7.92. The van der Waals surface area contributed by atoms with E-state index in [9.17, 15) is 18.0 Å². The lowest BCUT2D eigenvalue weighted by atomic mass is 9.97. The number of hydrogen-bond donors (Lipinski definition) is 1. The molecule has 3 rings (SSSR count). The minimum absolute atomic E-state index is 0.0763. The predicted molar refractivity (Wildman–Crippen MR) is 119 cm³/mol. The minimum Gasteiger partial charge on any atom is -0.308 e. The number of carbonyl (C=O) groups is 1. The minimum atomic E-state index is -3.73. The van der Waals surface area contributed by atoms with E-state index in [1.807, 2.05) is 0 Å². The van der Waals surface area contributed by atoms with E-state index < -0.39 is 32.6 Å². The molecule has 1 atom stereocenters. The summed E-state index contributed by atoms with van der Waals surface area (Å²) in [5.41, 5.74) is 0.127. The van der Waals surface area contributed by atoms with E-state index in [-0.39, 0.29) is 15.7 Å². The summed E-state index contributed by atoms with van der Waals surface area (Å²) in [6.07, 6.45) is 8.85. The van der Waals surface area contributed by atoms with E-state index in [4.69, 9.17) is 11.6 Å². The van der Waals surface area contributed by atoms with Crippen molar-refractivity contribution >= 4 is 33.2 Å². The van der Waals surface area contributed by atoms with E-state index >= 15 is 0 Å². The first-order chi connectivity index (χ1) is 14.6. The smallest absolute Gasteiger partial charge is 0.252 e. The first-order valence-corrected chi connectivity index (χ1v) is 12.3. The molecule has 1 saturated carbocycles. The lowest BCUT2D eigenvalue weighted by molar-refractivity contribution is -0.119. The van der Waals surface area contributed by atoms with Crippen molar-refractivity contribution in [3.8, 4) is 0 Å². The molecular formula is C21H27ClN4O4S. The number of nitrogens with zero attached hydrogens (tertiary/aromatic N) is 3. The molecule has 0 aliphatic heterocycles. The first-order valence-electron chi connectivity index (χ1n) is 10.3. The van der Waals surface area contributed by atoms with Crippen LogP contribution in [0.5, 0.6) is 0 Å². The fraction of sp³-hybridized carbons (Fsp3) is 0.524. The molecule has 0 unspecified atom stereocenters. The molecule has 2 aromatic rings. The molecule has 1 aliphatic carbocycles. The number of aryl methyl sites for hydroxylation is 1. The normalized spacial score (nSPS) is 15.9. The number of pyridine rings is 1. The van der Waals surface area contributed by atoms with E-state index in [0.717, 1.165) is 31.7 Å². The Bertz CT molecular complexity index is 1110. The van der Waals surface area contributed by atoms with Crippen molar-refractivity contribution in [1.29, 1.82) is 0 Å². The van der Waals surface area contributed by atoms with Crippen molar-refractivity contribution in [3.63, 3.8) is 0 Å². The first kappa shape index (κ1) is 23.4. The number of amides is 1. The Kier molecular flexibility index (Phi) is 7.16. The summed E-state index contributed by atoms with van der Waals surface area (Å²) in [7, 11) is -3.73. The van der Waals surface area contributed by atoms with Crippen LogP contribution < -0.4 is 10.9 Å². The number of aromatic nitrogens is 3. The Morgan fingerprint density at radius 3 is 2.52 bits per heavy atom. The summed E-state index contributed by atoms with van der Waals surface area (Å²) in [6, 6.07) is 0.171. The van der Waals surface area contributed by atoms with Gasteiger partial charge in [-0.1, -0.05) is 37.3 Å². The quantitative estimate of drug-likeness (QED) is 0.668. The van der Waals surface area contributed by atoms with Crippen molar-refractivity contribution in [2.24, 2.45) is 5.92 Å². The zero-order chi connectivity index (χ0) is 22.8. The van der Waals surface area contributed by atoms with Crippen molar-refractivity contribution in [2.75, 3.05) is 5.32 Å². The van der Waals surface area contributed by atoms with Crippen LogP contribution in [0.2, 0.25) is 5.02 Å². The molecule has 1 N–H and O–H groups in total. The van der Waals surface area contributed by atoms with Gasteiger partial charge in [-0.2, -0.15) is 0 Å². The third-order valence-electron chi connectivity index (χ3n) is 5.63. The fourth-order valence-corrected chi connectivity index (χ4v) is 5.38. The van der Waals surface area contributed by atoms with Gasteiger partial charge in [-0.05, 0) is 33.1 Å². The molecule has 2 aromatic heterocycles. The van der Waals surface area contributed by atoms with Crippen molar-refractivity contribution in [2.45, 2.75) is 69.1 Å². The van der Waals surface area contributed by atoms with Crippen molar-refractivity contribution in [1.82, 2.24) is 14.5 Å². The molecule has 1 fully saturated rings. The molecule has 1 amide bonds. The number of halogens is 1. The zero-order valence-electron chi connectivity index (χ0n) is 17.8. The van der Waals surface area contributed by atoms with Crippen LogP contribution in [0, 0.1) is 12.8 Å². The van der Waals surface area contributed by atoms with Crippen LogP contribution in [0.3, 0.4) is 0 Å². The second-order valence-corrected chi connectivity index (χ2v) is 11.1. The average molecular weight is 467 g/mol. The maximum absolute atomic E-state index is 13.1. The van der Waals surface area contributed by atoms with E-state index in [2.05, 4.69) is 15.3 Å². The molecule has 2 heterocycles. The van der Waals surface area contributed by atoms with E-state index in [1.165, 1.54) is 37.0 Å². The van der Waals surface area contributed by atoms with Crippen LogP contribution in [0.1, 0.15) is 57.7 Å². The highest BCUT2D eigenvalue weighted by Gasteiger charge is 2.30. The second kappa shape index (κ2) is 9.48. The second-order valence-electron chi connectivity index (χ2n) is 8.26. The van der Waals surface area contributed by atoms with Gasteiger partial charge in [0, 0.05) is 12.3 Å². The van der Waals surface area contributed by atoms with Gasteiger partial charge in [0.25, 0.3) is 5.56 Å². The lowest BCUT2D eigenvalue weighted by Gasteiger charge is -2.23. The SMILES string of the molecule is Cc1cnc(NC(=O)[C@H](CC2CCCC2)n2cc(Cl)c(S(=O)(=O)C(C)C)cc2=O)cn1. The summed E-state index contributed by atoms with van der Waals surface area (Å²) >= 11 is 6.28. The van der Waals surface area contributed by atoms with Crippen LogP contribution in [0.4, 0.5) is 5.82 Å². The van der Waals surface area contributed by atoms with Crippen molar-refractivity contribution in [3.05, 3.63) is 45.7 Å². The zero-order valence-corrected chi connectivity index (χ0v) is 19.4. The van der Waals surface area contributed by atoms with Crippen LogP contribution >= 0.6 is 11.6 Å². The monoisotopic (exact) mass is 466 g/mol. The lowest BCUT2D eigenvalue weighted by Crippen LogP contribution is -2.35. The van der Waals surface area contributed by atoms with Gasteiger partial charge >= 0.3 is 0 Å². The van der Waals surface area contributed by atoms with Gasteiger partial charge in [0.2, 0.25) is 5.91 Å². The third kappa shape index (κ3) is 5.33. The summed E-state index contributed by atoms with van der Waals surface area (Å²) in [5.74, 6) is 0.164. The highest BCUT2D eigenvalue weighted by Crippen LogP contribution is 2.33. The van der Waals surface area contributed by atoms with E-state index in [1.54, 1.807) is 6.92 Å². The highest BCUT2D eigenvalue weighted by atomic mass is 35.5. The molecule has 0 spiro atoms. The Labute approximate surface area is 187 Å². The Morgan fingerprint density at radius 1 is 1.26 bits per heavy atom. The topological polar surface area (TPSA) is 111 Å².